The van der Waals surface area contributed by atoms with Gasteiger partial charge in [-0.2, -0.15) is 9.61 Å². The van der Waals surface area contributed by atoms with Crippen molar-refractivity contribution in [3.63, 3.8) is 0 Å². The molecule has 0 saturated carbocycles. The quantitative estimate of drug-likeness (QED) is 0.732. The van der Waals surface area contributed by atoms with Crippen LogP contribution < -0.4 is 0 Å². The summed E-state index contributed by atoms with van der Waals surface area (Å²) in [5, 5.41) is 13.2. The second kappa shape index (κ2) is 6.00. The van der Waals surface area contributed by atoms with Gasteiger partial charge in [-0.1, -0.05) is 0 Å². The Hall–Kier alpha value is -2.41. The Morgan fingerprint density at radius 1 is 1.09 bits per heavy atom. The Kier molecular flexibility index (Phi) is 3.70. The van der Waals surface area contributed by atoms with E-state index in [4.69, 9.17) is 0 Å². The maximum Gasteiger partial charge on any atom is 0.177 e. The van der Waals surface area contributed by atoms with Gasteiger partial charge in [0.15, 0.2) is 11.5 Å². The number of hydrogen-bond donors (Lipinski definition) is 0. The van der Waals surface area contributed by atoms with E-state index in [0.29, 0.717) is 5.92 Å². The third-order valence-corrected chi connectivity index (χ3v) is 4.36. The van der Waals surface area contributed by atoms with E-state index in [1.54, 1.807) is 12.4 Å². The summed E-state index contributed by atoms with van der Waals surface area (Å²) in [4.78, 5) is 11.0. The van der Waals surface area contributed by atoms with Crippen molar-refractivity contribution in [1.29, 1.82) is 0 Å². The Morgan fingerprint density at radius 3 is 2.65 bits per heavy atom. The number of likely N-dealkylation sites (tertiary alicyclic amines) is 1. The van der Waals surface area contributed by atoms with Crippen molar-refractivity contribution in [3.8, 4) is 0 Å². The zero-order chi connectivity index (χ0) is 15.6. The van der Waals surface area contributed by atoms with E-state index in [-0.39, 0.29) is 0 Å². The van der Waals surface area contributed by atoms with E-state index in [9.17, 15) is 0 Å². The lowest BCUT2D eigenvalue weighted by Crippen LogP contribution is -2.33. The van der Waals surface area contributed by atoms with Gasteiger partial charge in [-0.25, -0.2) is 9.97 Å². The highest BCUT2D eigenvalue weighted by Crippen LogP contribution is 2.27. The van der Waals surface area contributed by atoms with E-state index in [1.807, 2.05) is 29.6 Å². The summed E-state index contributed by atoms with van der Waals surface area (Å²) in [6, 6.07) is 5.79. The Balaban J connectivity index is 1.45. The van der Waals surface area contributed by atoms with Crippen LogP contribution in [0.5, 0.6) is 0 Å². The minimum absolute atomic E-state index is 0.409. The molecule has 118 valence electrons. The molecule has 1 aliphatic rings. The molecule has 0 aliphatic carbocycles. The molecule has 0 amide bonds. The molecule has 0 N–H and O–H groups in total. The van der Waals surface area contributed by atoms with E-state index < -0.39 is 0 Å². The van der Waals surface area contributed by atoms with Gasteiger partial charge >= 0.3 is 0 Å². The van der Waals surface area contributed by atoms with Gasteiger partial charge < -0.3 is 0 Å². The molecule has 23 heavy (non-hydrogen) atoms. The summed E-state index contributed by atoms with van der Waals surface area (Å²) < 4.78 is 1.90. The zero-order valence-corrected chi connectivity index (χ0v) is 13.1. The lowest BCUT2D eigenvalue weighted by Gasteiger charge is -2.30. The molecule has 7 heteroatoms. The molecule has 0 spiro atoms. The smallest absolute Gasteiger partial charge is 0.177 e. The van der Waals surface area contributed by atoms with Crippen LogP contribution in [-0.2, 0) is 6.54 Å². The van der Waals surface area contributed by atoms with Crippen molar-refractivity contribution < 1.29 is 0 Å². The Labute approximate surface area is 134 Å². The molecular weight excluding hydrogens is 290 g/mol. The van der Waals surface area contributed by atoms with Crippen LogP contribution in [-0.4, -0.2) is 47.8 Å². The SMILES string of the molecule is Cc1ccc2nnc(C3CCN(Cc4ncccn4)CC3)n2n1. The van der Waals surface area contributed by atoms with Gasteiger partial charge in [0.05, 0.1) is 12.2 Å². The van der Waals surface area contributed by atoms with E-state index in [2.05, 4.69) is 30.2 Å². The number of piperidine rings is 1. The second-order valence-electron chi connectivity index (χ2n) is 6.02. The Bertz CT molecular complexity index is 791. The van der Waals surface area contributed by atoms with Gasteiger partial charge in [-0.15, -0.1) is 10.2 Å². The molecule has 1 aliphatic heterocycles. The Morgan fingerprint density at radius 2 is 1.87 bits per heavy atom. The van der Waals surface area contributed by atoms with Crippen LogP contribution >= 0.6 is 0 Å². The molecule has 1 fully saturated rings. The number of fused-ring (bicyclic) bond motifs is 1. The predicted molar refractivity (Wildman–Crippen MR) is 84.8 cm³/mol. The molecule has 0 bridgehead atoms. The number of rotatable bonds is 3. The largest absolute Gasteiger partial charge is 0.296 e. The number of hydrogen-bond acceptors (Lipinski definition) is 6. The number of aromatic nitrogens is 6. The summed E-state index contributed by atoms with van der Waals surface area (Å²) >= 11 is 0. The monoisotopic (exact) mass is 309 g/mol. The van der Waals surface area contributed by atoms with Crippen LogP contribution in [0.15, 0.2) is 30.6 Å². The van der Waals surface area contributed by atoms with Gasteiger partial charge in [0.1, 0.15) is 5.82 Å². The van der Waals surface area contributed by atoms with Gasteiger partial charge in [0.2, 0.25) is 0 Å². The van der Waals surface area contributed by atoms with Gasteiger partial charge in [-0.05, 0) is 51.1 Å². The van der Waals surface area contributed by atoms with E-state index in [0.717, 1.165) is 55.5 Å². The first kappa shape index (κ1) is 14.2. The fourth-order valence-electron chi connectivity index (χ4n) is 3.11. The van der Waals surface area contributed by atoms with Gasteiger partial charge in [0, 0.05) is 18.3 Å². The predicted octanol–water partition coefficient (Wildman–Crippen LogP) is 1.60. The van der Waals surface area contributed by atoms with E-state index >= 15 is 0 Å². The summed E-state index contributed by atoms with van der Waals surface area (Å²) in [5.41, 5.74) is 1.81. The van der Waals surface area contributed by atoms with Crippen LogP contribution in [0, 0.1) is 6.92 Å². The lowest BCUT2D eigenvalue weighted by molar-refractivity contribution is 0.196. The third-order valence-electron chi connectivity index (χ3n) is 4.36. The standard InChI is InChI=1S/C16H19N7/c1-12-3-4-15-19-20-16(23(15)21-12)13-5-9-22(10-6-13)11-14-17-7-2-8-18-14/h2-4,7-8,13H,5-6,9-11H2,1H3. The highest BCUT2D eigenvalue weighted by Gasteiger charge is 2.25. The average molecular weight is 309 g/mol. The summed E-state index contributed by atoms with van der Waals surface area (Å²) in [7, 11) is 0. The molecule has 0 atom stereocenters. The van der Waals surface area contributed by atoms with Crippen molar-refractivity contribution in [1.82, 2.24) is 34.7 Å². The van der Waals surface area contributed by atoms with Crippen LogP contribution in [0.25, 0.3) is 5.65 Å². The molecule has 4 rings (SSSR count). The summed E-state index contributed by atoms with van der Waals surface area (Å²) in [6.07, 6.45) is 5.71. The summed E-state index contributed by atoms with van der Waals surface area (Å²) in [5.74, 6) is 2.28. The third kappa shape index (κ3) is 2.92. The minimum Gasteiger partial charge on any atom is -0.296 e. The maximum absolute atomic E-state index is 4.56. The molecule has 4 heterocycles. The first-order valence-electron chi connectivity index (χ1n) is 7.97. The molecule has 0 radical (unpaired) electrons. The topological polar surface area (TPSA) is 72.1 Å². The highest BCUT2D eigenvalue weighted by molar-refractivity contribution is 5.36. The minimum atomic E-state index is 0.409. The molecule has 7 nitrogen and oxygen atoms in total. The maximum atomic E-state index is 4.56. The second-order valence-corrected chi connectivity index (χ2v) is 6.02. The van der Waals surface area contributed by atoms with Crippen LogP contribution in [0.3, 0.4) is 0 Å². The fourth-order valence-corrected chi connectivity index (χ4v) is 3.11. The van der Waals surface area contributed by atoms with Crippen molar-refractivity contribution in [3.05, 3.63) is 47.9 Å². The number of aryl methyl sites for hydroxylation is 1. The van der Waals surface area contributed by atoms with Gasteiger partial charge in [-0.3, -0.25) is 4.90 Å². The van der Waals surface area contributed by atoms with Crippen molar-refractivity contribution in [2.45, 2.75) is 32.2 Å². The number of nitrogens with zero attached hydrogens (tertiary/aromatic N) is 7. The van der Waals surface area contributed by atoms with Crippen LogP contribution in [0.4, 0.5) is 0 Å². The lowest BCUT2D eigenvalue weighted by atomic mass is 9.96. The molecule has 3 aromatic rings. The van der Waals surface area contributed by atoms with Gasteiger partial charge in [0.25, 0.3) is 0 Å². The molecule has 0 unspecified atom stereocenters. The first-order chi connectivity index (χ1) is 11.3. The molecule has 0 aromatic carbocycles. The summed E-state index contributed by atoms with van der Waals surface area (Å²) in [6.45, 7) is 4.84. The molecule has 3 aromatic heterocycles. The first-order valence-corrected chi connectivity index (χ1v) is 7.97. The normalized spacial score (nSPS) is 16.9. The molecule has 1 saturated heterocycles. The highest BCUT2D eigenvalue weighted by atomic mass is 15.4. The van der Waals surface area contributed by atoms with E-state index in [1.165, 1.54) is 0 Å². The van der Waals surface area contributed by atoms with Crippen molar-refractivity contribution in [2.75, 3.05) is 13.1 Å². The zero-order valence-electron chi connectivity index (χ0n) is 13.1. The fraction of sp³-hybridized carbons (Fsp3) is 0.438. The average Bonchev–Trinajstić information content (AvgIpc) is 2.99. The van der Waals surface area contributed by atoms with Crippen LogP contribution in [0.1, 0.15) is 36.1 Å². The van der Waals surface area contributed by atoms with Crippen LogP contribution in [0.2, 0.25) is 0 Å². The molecular formula is C16H19N7. The van der Waals surface area contributed by atoms with Crippen molar-refractivity contribution in [2.24, 2.45) is 0 Å². The van der Waals surface area contributed by atoms with Crippen molar-refractivity contribution >= 4 is 5.65 Å².